The van der Waals surface area contributed by atoms with Crippen molar-refractivity contribution in [2.45, 2.75) is 51.1 Å². The predicted octanol–water partition coefficient (Wildman–Crippen LogP) is 1.36. The highest BCUT2D eigenvalue weighted by molar-refractivity contribution is 6.07. The SMILES string of the molecule is Cc1ccc(NC2CCC2)cc1C(=O)N(C=O)C1CCC(=O)NC1=O. The van der Waals surface area contributed by atoms with Gasteiger partial charge in [0.05, 0.1) is 0 Å². The Hall–Kier alpha value is -2.70. The van der Waals surface area contributed by atoms with Crippen LogP contribution in [0.15, 0.2) is 18.2 Å². The van der Waals surface area contributed by atoms with Crippen LogP contribution in [-0.4, -0.2) is 41.1 Å². The highest BCUT2D eigenvalue weighted by Gasteiger charge is 2.35. The van der Waals surface area contributed by atoms with Crippen molar-refractivity contribution >= 4 is 29.8 Å². The molecular weight excluding hydrogens is 322 g/mol. The van der Waals surface area contributed by atoms with Gasteiger partial charge >= 0.3 is 0 Å². The highest BCUT2D eigenvalue weighted by Crippen LogP contribution is 2.25. The number of hydrogen-bond donors (Lipinski definition) is 2. The lowest BCUT2D eigenvalue weighted by atomic mass is 9.92. The molecule has 1 aliphatic carbocycles. The molecule has 1 saturated carbocycles. The maximum absolute atomic E-state index is 12.8. The zero-order chi connectivity index (χ0) is 18.0. The lowest BCUT2D eigenvalue weighted by Crippen LogP contribution is -2.53. The van der Waals surface area contributed by atoms with Crippen molar-refractivity contribution in [2.75, 3.05) is 5.32 Å². The quantitative estimate of drug-likeness (QED) is 0.622. The van der Waals surface area contributed by atoms with Gasteiger partial charge in [0.25, 0.3) is 5.91 Å². The molecule has 3 rings (SSSR count). The smallest absolute Gasteiger partial charge is 0.261 e. The molecule has 1 aromatic carbocycles. The second kappa shape index (κ2) is 7.04. The number of rotatable bonds is 5. The minimum Gasteiger partial charge on any atom is -0.382 e. The fourth-order valence-electron chi connectivity index (χ4n) is 3.08. The van der Waals surface area contributed by atoms with Crippen molar-refractivity contribution in [3.05, 3.63) is 29.3 Å². The molecule has 1 aromatic rings. The van der Waals surface area contributed by atoms with E-state index >= 15 is 0 Å². The van der Waals surface area contributed by atoms with Gasteiger partial charge in [0.15, 0.2) is 0 Å². The molecule has 0 radical (unpaired) electrons. The molecule has 2 N–H and O–H groups in total. The van der Waals surface area contributed by atoms with Crippen LogP contribution in [0, 0.1) is 6.92 Å². The number of carbonyl (C=O) groups excluding carboxylic acids is 4. The molecule has 7 nitrogen and oxygen atoms in total. The first-order chi connectivity index (χ1) is 12.0. The van der Waals surface area contributed by atoms with E-state index in [0.717, 1.165) is 29.0 Å². The molecule has 4 amide bonds. The van der Waals surface area contributed by atoms with Gasteiger partial charge in [-0.15, -0.1) is 0 Å². The Labute approximate surface area is 145 Å². The van der Waals surface area contributed by atoms with Crippen LogP contribution < -0.4 is 10.6 Å². The topological polar surface area (TPSA) is 95.6 Å². The van der Waals surface area contributed by atoms with E-state index in [4.69, 9.17) is 0 Å². The minimum absolute atomic E-state index is 0.107. The van der Waals surface area contributed by atoms with E-state index < -0.39 is 17.9 Å². The standard InChI is InChI=1S/C18H21N3O4/c1-11-5-6-13(19-12-3-2-4-12)9-14(11)18(25)21(10-22)15-7-8-16(23)20-17(15)24/h5-6,9-10,12,15,19H,2-4,7-8H2,1H3,(H,20,23,24). The summed E-state index contributed by atoms with van der Waals surface area (Å²) >= 11 is 0. The summed E-state index contributed by atoms with van der Waals surface area (Å²) in [7, 11) is 0. The lowest BCUT2D eigenvalue weighted by Gasteiger charge is -2.29. The van der Waals surface area contributed by atoms with Crippen molar-refractivity contribution in [2.24, 2.45) is 0 Å². The van der Waals surface area contributed by atoms with Crippen LogP contribution in [0.4, 0.5) is 5.69 Å². The molecule has 1 atom stereocenters. The number of nitrogens with one attached hydrogen (secondary N) is 2. The monoisotopic (exact) mass is 343 g/mol. The van der Waals surface area contributed by atoms with Crippen molar-refractivity contribution < 1.29 is 19.2 Å². The average Bonchev–Trinajstić information content (AvgIpc) is 2.54. The summed E-state index contributed by atoms with van der Waals surface area (Å²) in [6, 6.07) is 4.91. The van der Waals surface area contributed by atoms with Crippen molar-refractivity contribution in [1.29, 1.82) is 0 Å². The Kier molecular flexibility index (Phi) is 4.83. The predicted molar refractivity (Wildman–Crippen MR) is 90.8 cm³/mol. The molecule has 2 fully saturated rings. The van der Waals surface area contributed by atoms with Crippen molar-refractivity contribution in [3.63, 3.8) is 0 Å². The van der Waals surface area contributed by atoms with Gasteiger partial charge in [-0.25, -0.2) is 0 Å². The summed E-state index contributed by atoms with van der Waals surface area (Å²) in [5.74, 6) is -1.53. The largest absolute Gasteiger partial charge is 0.382 e. The van der Waals surface area contributed by atoms with Crippen LogP contribution >= 0.6 is 0 Å². The number of carbonyl (C=O) groups is 4. The van der Waals surface area contributed by atoms with Crippen LogP contribution in [0.2, 0.25) is 0 Å². The Morgan fingerprint density at radius 3 is 2.64 bits per heavy atom. The molecule has 1 saturated heterocycles. The van der Waals surface area contributed by atoms with Gasteiger partial charge in [-0.3, -0.25) is 29.4 Å². The summed E-state index contributed by atoms with van der Waals surface area (Å²) < 4.78 is 0. The molecular formula is C18H21N3O4. The molecule has 1 unspecified atom stereocenters. The minimum atomic E-state index is -0.953. The van der Waals surface area contributed by atoms with Gasteiger partial charge in [-0.1, -0.05) is 6.07 Å². The number of aryl methyl sites for hydroxylation is 1. The normalized spacial score (nSPS) is 20.4. The first-order valence-corrected chi connectivity index (χ1v) is 8.48. The zero-order valence-corrected chi connectivity index (χ0v) is 14.1. The molecule has 132 valence electrons. The van der Waals surface area contributed by atoms with E-state index in [-0.39, 0.29) is 18.7 Å². The maximum atomic E-state index is 12.8. The molecule has 0 bridgehead atoms. The molecule has 1 heterocycles. The molecule has 2 aliphatic rings. The van der Waals surface area contributed by atoms with Gasteiger partial charge in [0, 0.05) is 23.7 Å². The number of hydrogen-bond acceptors (Lipinski definition) is 5. The first kappa shape index (κ1) is 17.1. The summed E-state index contributed by atoms with van der Waals surface area (Å²) in [5, 5.41) is 5.54. The van der Waals surface area contributed by atoms with Crippen LogP contribution in [-0.2, 0) is 14.4 Å². The van der Waals surface area contributed by atoms with E-state index in [1.807, 2.05) is 12.1 Å². The van der Waals surface area contributed by atoms with E-state index in [9.17, 15) is 19.2 Å². The van der Waals surface area contributed by atoms with Gasteiger partial charge in [-0.05, 0) is 50.3 Å². The highest BCUT2D eigenvalue weighted by atomic mass is 16.2. The fourth-order valence-corrected chi connectivity index (χ4v) is 3.08. The summed E-state index contributed by atoms with van der Waals surface area (Å²) in [4.78, 5) is 48.5. The van der Waals surface area contributed by atoms with Crippen LogP contribution in [0.1, 0.15) is 48.0 Å². The summed E-state index contributed by atoms with van der Waals surface area (Å²) in [6.45, 7) is 1.79. The van der Waals surface area contributed by atoms with E-state index in [1.165, 1.54) is 6.42 Å². The van der Waals surface area contributed by atoms with Gasteiger partial charge in [0.1, 0.15) is 6.04 Å². The Balaban J connectivity index is 1.82. The van der Waals surface area contributed by atoms with Crippen molar-refractivity contribution in [1.82, 2.24) is 10.2 Å². The van der Waals surface area contributed by atoms with Gasteiger partial charge < -0.3 is 5.32 Å². The Bertz CT molecular complexity index is 727. The number of piperidine rings is 1. The number of anilines is 1. The summed E-state index contributed by atoms with van der Waals surface area (Å²) in [5.41, 5.74) is 1.93. The third-order valence-electron chi connectivity index (χ3n) is 4.84. The second-order valence-corrected chi connectivity index (χ2v) is 6.59. The maximum Gasteiger partial charge on any atom is 0.261 e. The van der Waals surface area contributed by atoms with E-state index in [1.54, 1.807) is 13.0 Å². The Morgan fingerprint density at radius 2 is 2.04 bits per heavy atom. The van der Waals surface area contributed by atoms with Crippen molar-refractivity contribution in [3.8, 4) is 0 Å². The molecule has 0 spiro atoms. The third-order valence-corrected chi connectivity index (χ3v) is 4.84. The number of amides is 4. The molecule has 1 aliphatic heterocycles. The summed E-state index contributed by atoms with van der Waals surface area (Å²) in [6.07, 6.45) is 4.03. The van der Waals surface area contributed by atoms with Gasteiger partial charge in [0.2, 0.25) is 18.2 Å². The number of imide groups is 2. The number of nitrogens with zero attached hydrogens (tertiary/aromatic N) is 1. The first-order valence-electron chi connectivity index (χ1n) is 8.48. The van der Waals surface area contributed by atoms with Crippen LogP contribution in [0.5, 0.6) is 0 Å². The molecule has 25 heavy (non-hydrogen) atoms. The van der Waals surface area contributed by atoms with Crippen LogP contribution in [0.25, 0.3) is 0 Å². The van der Waals surface area contributed by atoms with E-state index in [0.29, 0.717) is 18.0 Å². The zero-order valence-electron chi connectivity index (χ0n) is 14.1. The average molecular weight is 343 g/mol. The lowest BCUT2D eigenvalue weighted by molar-refractivity contribution is -0.139. The van der Waals surface area contributed by atoms with E-state index in [2.05, 4.69) is 10.6 Å². The fraction of sp³-hybridized carbons (Fsp3) is 0.444. The molecule has 7 heteroatoms. The van der Waals surface area contributed by atoms with Gasteiger partial charge in [-0.2, -0.15) is 0 Å². The number of benzene rings is 1. The van der Waals surface area contributed by atoms with Crippen LogP contribution in [0.3, 0.4) is 0 Å². The Morgan fingerprint density at radius 1 is 1.28 bits per heavy atom. The third kappa shape index (κ3) is 3.55. The molecule has 0 aromatic heterocycles. The second-order valence-electron chi connectivity index (χ2n) is 6.59.